The van der Waals surface area contributed by atoms with E-state index in [4.69, 9.17) is 5.84 Å². The number of hydrazine groups is 1. The predicted octanol–water partition coefficient (Wildman–Crippen LogP) is 0.543. The van der Waals surface area contributed by atoms with Gasteiger partial charge in [0.1, 0.15) is 16.7 Å². The van der Waals surface area contributed by atoms with E-state index in [1.807, 2.05) is 11.6 Å². The number of nitrogen functional groups attached to an aromatic ring is 1. The van der Waals surface area contributed by atoms with Crippen molar-refractivity contribution in [3.8, 4) is 0 Å². The molecule has 1 aliphatic rings. The topological polar surface area (TPSA) is 107 Å². The fourth-order valence-electron chi connectivity index (χ4n) is 1.56. The van der Waals surface area contributed by atoms with E-state index in [9.17, 15) is 0 Å². The van der Waals surface area contributed by atoms with Crippen LogP contribution >= 0.6 is 11.8 Å². The molecule has 0 bridgehead atoms. The summed E-state index contributed by atoms with van der Waals surface area (Å²) < 4.78 is 1.84. The predicted molar refractivity (Wildman–Crippen MR) is 64.8 cm³/mol. The molecule has 18 heavy (non-hydrogen) atoms. The highest BCUT2D eigenvalue weighted by atomic mass is 32.2. The van der Waals surface area contributed by atoms with Crippen LogP contribution in [0.25, 0.3) is 0 Å². The van der Waals surface area contributed by atoms with Crippen LogP contribution in [-0.4, -0.2) is 30.2 Å². The molecule has 0 aliphatic heterocycles. The average molecular weight is 264 g/mol. The van der Waals surface area contributed by atoms with Crippen LogP contribution in [0.15, 0.2) is 16.2 Å². The van der Waals surface area contributed by atoms with Crippen LogP contribution in [0.4, 0.5) is 5.82 Å². The van der Waals surface area contributed by atoms with Crippen LogP contribution in [0.5, 0.6) is 0 Å². The number of tetrazole rings is 1. The first-order chi connectivity index (χ1) is 8.76. The van der Waals surface area contributed by atoms with E-state index in [1.165, 1.54) is 11.8 Å². The third-order valence-electron chi connectivity index (χ3n) is 2.51. The second-order valence-corrected chi connectivity index (χ2v) is 5.01. The molecule has 2 aromatic rings. The molecule has 94 valence electrons. The molecular formula is C9H12N8S. The summed E-state index contributed by atoms with van der Waals surface area (Å²) in [6.45, 7) is 1.81. The molecule has 3 rings (SSSR count). The van der Waals surface area contributed by atoms with Crippen molar-refractivity contribution in [1.29, 1.82) is 0 Å². The molecular weight excluding hydrogens is 252 g/mol. The molecule has 0 unspecified atom stereocenters. The summed E-state index contributed by atoms with van der Waals surface area (Å²) in [5.74, 6) is 6.58. The quantitative estimate of drug-likeness (QED) is 0.468. The average Bonchev–Trinajstić information content (AvgIpc) is 3.10. The lowest BCUT2D eigenvalue weighted by atomic mass is 10.5. The molecule has 0 radical (unpaired) electrons. The van der Waals surface area contributed by atoms with Crippen molar-refractivity contribution in [2.75, 3.05) is 5.43 Å². The lowest BCUT2D eigenvalue weighted by Gasteiger charge is -2.04. The highest BCUT2D eigenvalue weighted by Crippen LogP contribution is 2.37. The van der Waals surface area contributed by atoms with E-state index < -0.39 is 0 Å². The first kappa shape index (κ1) is 11.4. The summed E-state index contributed by atoms with van der Waals surface area (Å²) in [6.07, 6.45) is 2.27. The zero-order chi connectivity index (χ0) is 12.5. The zero-order valence-corrected chi connectivity index (χ0v) is 10.6. The molecule has 9 heteroatoms. The van der Waals surface area contributed by atoms with Crippen molar-refractivity contribution >= 4 is 17.6 Å². The minimum atomic E-state index is 0.442. The van der Waals surface area contributed by atoms with Crippen LogP contribution < -0.4 is 11.3 Å². The molecule has 0 saturated heterocycles. The van der Waals surface area contributed by atoms with Crippen molar-refractivity contribution < 1.29 is 0 Å². The molecule has 1 fully saturated rings. The summed E-state index contributed by atoms with van der Waals surface area (Å²) in [7, 11) is 0. The Balaban J connectivity index is 1.87. The van der Waals surface area contributed by atoms with Gasteiger partial charge in [0.15, 0.2) is 0 Å². The third-order valence-corrected chi connectivity index (χ3v) is 3.38. The highest BCUT2D eigenvalue weighted by Gasteiger charge is 2.28. The molecule has 0 atom stereocenters. The normalized spacial score (nSPS) is 14.8. The standard InChI is InChI=1S/C9H12N8S/c1-5-11-7(13-10)4-8(12-5)18-9-14-15-16-17(9)6-2-3-6/h4,6H,2-3,10H2,1H3,(H,11,12,13). The number of nitrogens with two attached hydrogens (primary N) is 1. The van der Waals surface area contributed by atoms with Crippen molar-refractivity contribution in [2.24, 2.45) is 5.84 Å². The Hall–Kier alpha value is -1.74. The number of anilines is 1. The summed E-state index contributed by atoms with van der Waals surface area (Å²) in [5.41, 5.74) is 2.51. The molecule has 2 aromatic heterocycles. The van der Waals surface area contributed by atoms with Crippen molar-refractivity contribution in [3.05, 3.63) is 11.9 Å². The molecule has 2 heterocycles. The van der Waals surface area contributed by atoms with Crippen LogP contribution in [0.3, 0.4) is 0 Å². The minimum absolute atomic E-state index is 0.442. The van der Waals surface area contributed by atoms with E-state index in [-0.39, 0.29) is 0 Å². The van der Waals surface area contributed by atoms with Crippen LogP contribution in [0.2, 0.25) is 0 Å². The van der Waals surface area contributed by atoms with Gasteiger partial charge in [-0.15, -0.1) is 5.10 Å². The number of hydrogen-bond donors (Lipinski definition) is 2. The molecule has 1 aliphatic carbocycles. The van der Waals surface area contributed by atoms with Crippen molar-refractivity contribution in [1.82, 2.24) is 30.2 Å². The first-order valence-corrected chi connectivity index (χ1v) is 6.36. The maximum absolute atomic E-state index is 5.35. The van der Waals surface area contributed by atoms with Gasteiger partial charge in [0, 0.05) is 6.07 Å². The second kappa shape index (κ2) is 4.50. The Labute approximate surface area is 107 Å². The SMILES string of the molecule is Cc1nc(NN)cc(Sc2nnnn2C2CC2)n1. The van der Waals surface area contributed by atoms with Gasteiger partial charge < -0.3 is 5.43 Å². The Bertz CT molecular complexity index is 563. The Morgan fingerprint density at radius 2 is 2.28 bits per heavy atom. The number of aryl methyl sites for hydroxylation is 1. The van der Waals surface area contributed by atoms with Crippen LogP contribution in [0, 0.1) is 6.92 Å². The van der Waals surface area contributed by atoms with Crippen LogP contribution in [0.1, 0.15) is 24.7 Å². The smallest absolute Gasteiger partial charge is 0.215 e. The van der Waals surface area contributed by atoms with Gasteiger partial charge in [-0.05, 0) is 42.0 Å². The number of hydrogen-bond acceptors (Lipinski definition) is 8. The third kappa shape index (κ3) is 2.27. The Kier molecular flexibility index (Phi) is 2.84. The number of rotatable bonds is 4. The van der Waals surface area contributed by atoms with E-state index in [1.54, 1.807) is 6.07 Å². The zero-order valence-electron chi connectivity index (χ0n) is 9.74. The van der Waals surface area contributed by atoms with Gasteiger partial charge in [-0.25, -0.2) is 20.5 Å². The lowest BCUT2D eigenvalue weighted by Crippen LogP contribution is -2.10. The van der Waals surface area contributed by atoms with E-state index in [0.717, 1.165) is 23.0 Å². The largest absolute Gasteiger partial charge is 0.308 e. The summed E-state index contributed by atoms with van der Waals surface area (Å²) in [6, 6.07) is 2.21. The summed E-state index contributed by atoms with van der Waals surface area (Å²) >= 11 is 1.41. The van der Waals surface area contributed by atoms with E-state index >= 15 is 0 Å². The highest BCUT2D eigenvalue weighted by molar-refractivity contribution is 7.99. The molecule has 0 aromatic carbocycles. The van der Waals surface area contributed by atoms with Gasteiger partial charge in [0.25, 0.3) is 0 Å². The van der Waals surface area contributed by atoms with Gasteiger partial charge in [0.2, 0.25) is 5.16 Å². The molecule has 0 amide bonds. The van der Waals surface area contributed by atoms with Gasteiger partial charge in [-0.2, -0.15) is 0 Å². The summed E-state index contributed by atoms with van der Waals surface area (Å²) in [4.78, 5) is 8.46. The summed E-state index contributed by atoms with van der Waals surface area (Å²) in [5, 5.41) is 13.2. The number of aromatic nitrogens is 6. The Morgan fingerprint density at radius 1 is 1.44 bits per heavy atom. The van der Waals surface area contributed by atoms with Gasteiger partial charge in [-0.1, -0.05) is 0 Å². The van der Waals surface area contributed by atoms with Crippen molar-refractivity contribution in [2.45, 2.75) is 36.0 Å². The maximum Gasteiger partial charge on any atom is 0.215 e. The van der Waals surface area contributed by atoms with Crippen molar-refractivity contribution in [3.63, 3.8) is 0 Å². The van der Waals surface area contributed by atoms with E-state index in [2.05, 4.69) is 30.9 Å². The second-order valence-electron chi connectivity index (χ2n) is 4.02. The van der Waals surface area contributed by atoms with Gasteiger partial charge in [0.05, 0.1) is 6.04 Å². The lowest BCUT2D eigenvalue weighted by molar-refractivity contribution is 0.565. The fourth-order valence-corrected chi connectivity index (χ4v) is 2.45. The van der Waals surface area contributed by atoms with Gasteiger partial charge in [-0.3, -0.25) is 0 Å². The minimum Gasteiger partial charge on any atom is -0.308 e. The molecule has 0 spiro atoms. The number of nitrogens with one attached hydrogen (secondary N) is 1. The first-order valence-electron chi connectivity index (χ1n) is 5.54. The monoisotopic (exact) mass is 264 g/mol. The van der Waals surface area contributed by atoms with Crippen LogP contribution in [-0.2, 0) is 0 Å². The number of nitrogens with zero attached hydrogens (tertiary/aromatic N) is 6. The molecule has 1 saturated carbocycles. The molecule has 3 N–H and O–H groups in total. The Morgan fingerprint density at radius 3 is 3.00 bits per heavy atom. The van der Waals surface area contributed by atoms with Gasteiger partial charge >= 0.3 is 0 Å². The fraction of sp³-hybridized carbons (Fsp3) is 0.444. The maximum atomic E-state index is 5.35. The molecule has 8 nitrogen and oxygen atoms in total. The van der Waals surface area contributed by atoms with E-state index in [0.29, 0.717) is 17.7 Å².